The maximum Gasteiger partial charge on any atom is 0.328 e. The van der Waals surface area contributed by atoms with Gasteiger partial charge in [-0.15, -0.1) is 0 Å². The van der Waals surface area contributed by atoms with Crippen LogP contribution in [0, 0.1) is 0 Å². The summed E-state index contributed by atoms with van der Waals surface area (Å²) in [7, 11) is 0. The molecule has 0 bridgehead atoms. The van der Waals surface area contributed by atoms with Crippen LogP contribution < -0.4 is 5.32 Å². The SMILES string of the molecule is O=C(O)C=Cc1ccc(C2COCCN2)cc1. The first-order valence-electron chi connectivity index (χ1n) is 5.58. The second kappa shape index (κ2) is 5.61. The van der Waals surface area contributed by atoms with Gasteiger partial charge in [-0.1, -0.05) is 24.3 Å². The van der Waals surface area contributed by atoms with Crippen LogP contribution >= 0.6 is 0 Å². The van der Waals surface area contributed by atoms with Crippen LogP contribution in [0.5, 0.6) is 0 Å². The molecule has 1 saturated heterocycles. The van der Waals surface area contributed by atoms with Gasteiger partial charge in [0.1, 0.15) is 0 Å². The molecule has 0 radical (unpaired) electrons. The zero-order chi connectivity index (χ0) is 12.1. The Kier molecular flexibility index (Phi) is 3.90. The minimum Gasteiger partial charge on any atom is -0.478 e. The summed E-state index contributed by atoms with van der Waals surface area (Å²) < 4.78 is 5.39. The molecule has 17 heavy (non-hydrogen) atoms. The van der Waals surface area contributed by atoms with Gasteiger partial charge < -0.3 is 15.2 Å². The second-order valence-electron chi connectivity index (χ2n) is 3.92. The monoisotopic (exact) mass is 233 g/mol. The summed E-state index contributed by atoms with van der Waals surface area (Å²) in [5.41, 5.74) is 2.05. The third-order valence-corrected chi connectivity index (χ3v) is 2.68. The van der Waals surface area contributed by atoms with E-state index in [1.165, 1.54) is 0 Å². The van der Waals surface area contributed by atoms with Crippen molar-refractivity contribution < 1.29 is 14.6 Å². The van der Waals surface area contributed by atoms with Gasteiger partial charge in [0.25, 0.3) is 0 Å². The summed E-state index contributed by atoms with van der Waals surface area (Å²) in [6.45, 7) is 2.31. The number of nitrogens with one attached hydrogen (secondary N) is 1. The van der Waals surface area contributed by atoms with E-state index in [0.29, 0.717) is 6.61 Å². The lowest BCUT2D eigenvalue weighted by Crippen LogP contribution is -2.34. The molecule has 1 atom stereocenters. The van der Waals surface area contributed by atoms with Gasteiger partial charge in [0, 0.05) is 12.6 Å². The topological polar surface area (TPSA) is 58.6 Å². The fourth-order valence-electron chi connectivity index (χ4n) is 1.79. The molecule has 1 aliphatic heterocycles. The van der Waals surface area contributed by atoms with Crippen molar-refractivity contribution in [1.82, 2.24) is 5.32 Å². The molecule has 1 unspecified atom stereocenters. The first-order valence-corrected chi connectivity index (χ1v) is 5.58. The van der Waals surface area contributed by atoms with Crippen molar-refractivity contribution in [3.8, 4) is 0 Å². The molecule has 90 valence electrons. The zero-order valence-electron chi connectivity index (χ0n) is 9.43. The maximum absolute atomic E-state index is 10.4. The quantitative estimate of drug-likeness (QED) is 0.776. The maximum atomic E-state index is 10.4. The molecule has 1 aliphatic rings. The Morgan fingerprint density at radius 2 is 2.18 bits per heavy atom. The van der Waals surface area contributed by atoms with Crippen LogP contribution in [0.4, 0.5) is 0 Å². The molecule has 0 aromatic heterocycles. The largest absolute Gasteiger partial charge is 0.478 e. The van der Waals surface area contributed by atoms with Crippen molar-refractivity contribution in [2.75, 3.05) is 19.8 Å². The smallest absolute Gasteiger partial charge is 0.328 e. The molecule has 0 spiro atoms. The minimum absolute atomic E-state index is 0.237. The lowest BCUT2D eigenvalue weighted by atomic mass is 10.0. The number of carboxylic acids is 1. The fourth-order valence-corrected chi connectivity index (χ4v) is 1.79. The molecule has 2 N–H and O–H groups in total. The van der Waals surface area contributed by atoms with Crippen molar-refractivity contribution in [2.45, 2.75) is 6.04 Å². The molecule has 0 amide bonds. The Morgan fingerprint density at radius 1 is 1.41 bits per heavy atom. The van der Waals surface area contributed by atoms with Gasteiger partial charge in [-0.3, -0.25) is 0 Å². The highest BCUT2D eigenvalue weighted by atomic mass is 16.5. The molecular formula is C13H15NO3. The highest BCUT2D eigenvalue weighted by Gasteiger charge is 2.14. The summed E-state index contributed by atoms with van der Waals surface area (Å²) in [6, 6.07) is 8.04. The third kappa shape index (κ3) is 3.41. The summed E-state index contributed by atoms with van der Waals surface area (Å²) >= 11 is 0. The third-order valence-electron chi connectivity index (χ3n) is 2.68. The van der Waals surface area contributed by atoms with Gasteiger partial charge >= 0.3 is 5.97 Å². The first-order chi connectivity index (χ1) is 8.25. The molecular weight excluding hydrogens is 218 g/mol. The molecule has 1 aromatic rings. The average Bonchev–Trinajstić information content (AvgIpc) is 2.38. The van der Waals surface area contributed by atoms with E-state index in [-0.39, 0.29) is 6.04 Å². The van der Waals surface area contributed by atoms with E-state index in [1.807, 2.05) is 24.3 Å². The number of aliphatic carboxylic acids is 1. The number of benzene rings is 1. The Morgan fingerprint density at radius 3 is 2.76 bits per heavy atom. The van der Waals surface area contributed by atoms with Crippen molar-refractivity contribution in [1.29, 1.82) is 0 Å². The number of carboxylic acid groups (broad SMARTS) is 1. The number of morpholine rings is 1. The average molecular weight is 233 g/mol. The predicted octanol–water partition coefficient (Wildman–Crippen LogP) is 1.45. The summed E-state index contributed by atoms with van der Waals surface area (Å²) in [5, 5.41) is 11.9. The Hall–Kier alpha value is -1.65. The van der Waals surface area contributed by atoms with Crippen LogP contribution in [0.2, 0.25) is 0 Å². The van der Waals surface area contributed by atoms with Gasteiger partial charge in [-0.2, -0.15) is 0 Å². The molecule has 1 fully saturated rings. The fraction of sp³-hybridized carbons (Fsp3) is 0.308. The van der Waals surface area contributed by atoms with Crippen LogP contribution in [-0.2, 0) is 9.53 Å². The van der Waals surface area contributed by atoms with Crippen LogP contribution in [0.15, 0.2) is 30.3 Å². The van der Waals surface area contributed by atoms with Crippen LogP contribution in [-0.4, -0.2) is 30.8 Å². The second-order valence-corrected chi connectivity index (χ2v) is 3.92. The number of ether oxygens (including phenoxy) is 1. The Balaban J connectivity index is 2.04. The van der Waals surface area contributed by atoms with Crippen LogP contribution in [0.25, 0.3) is 6.08 Å². The first kappa shape index (κ1) is 11.8. The van der Waals surface area contributed by atoms with E-state index in [2.05, 4.69) is 5.32 Å². The van der Waals surface area contributed by atoms with Crippen molar-refractivity contribution in [3.05, 3.63) is 41.5 Å². The number of hydrogen-bond donors (Lipinski definition) is 2. The van der Waals surface area contributed by atoms with Gasteiger partial charge in [0.05, 0.1) is 19.3 Å². The van der Waals surface area contributed by atoms with Crippen molar-refractivity contribution in [2.24, 2.45) is 0 Å². The van der Waals surface area contributed by atoms with Gasteiger partial charge in [-0.25, -0.2) is 4.79 Å². The van der Waals surface area contributed by atoms with Gasteiger partial charge in [0.15, 0.2) is 0 Å². The number of hydrogen-bond acceptors (Lipinski definition) is 3. The molecule has 2 rings (SSSR count). The molecule has 0 aliphatic carbocycles. The summed E-state index contributed by atoms with van der Waals surface area (Å²) in [6.07, 6.45) is 2.72. The number of rotatable bonds is 3. The predicted molar refractivity (Wildman–Crippen MR) is 64.7 cm³/mol. The summed E-state index contributed by atoms with van der Waals surface area (Å²) in [4.78, 5) is 10.4. The zero-order valence-corrected chi connectivity index (χ0v) is 9.43. The van der Waals surface area contributed by atoms with Crippen LogP contribution in [0.1, 0.15) is 17.2 Å². The van der Waals surface area contributed by atoms with Gasteiger partial charge in [0.2, 0.25) is 0 Å². The molecule has 1 aromatic carbocycles. The molecule has 4 heteroatoms. The Labute approximate surface area is 99.9 Å². The normalized spacial score (nSPS) is 20.6. The molecule has 1 heterocycles. The van der Waals surface area contributed by atoms with E-state index in [9.17, 15) is 4.79 Å². The lowest BCUT2D eigenvalue weighted by molar-refractivity contribution is -0.131. The van der Waals surface area contributed by atoms with Crippen molar-refractivity contribution in [3.63, 3.8) is 0 Å². The standard InChI is InChI=1S/C13H15NO3/c15-13(16)6-3-10-1-4-11(5-2-10)12-9-17-8-7-14-12/h1-6,12,14H,7-9H2,(H,15,16). The summed E-state index contributed by atoms with van der Waals surface area (Å²) in [5.74, 6) is -0.934. The highest BCUT2D eigenvalue weighted by molar-refractivity contribution is 5.85. The molecule has 4 nitrogen and oxygen atoms in total. The highest BCUT2D eigenvalue weighted by Crippen LogP contribution is 2.16. The van der Waals surface area contributed by atoms with Crippen LogP contribution in [0.3, 0.4) is 0 Å². The van der Waals surface area contributed by atoms with E-state index in [4.69, 9.17) is 9.84 Å². The van der Waals surface area contributed by atoms with E-state index in [1.54, 1.807) is 6.08 Å². The Bertz CT molecular complexity index is 405. The van der Waals surface area contributed by atoms with Gasteiger partial charge in [-0.05, 0) is 17.2 Å². The van der Waals surface area contributed by atoms with E-state index < -0.39 is 5.97 Å². The number of carbonyl (C=O) groups is 1. The van der Waals surface area contributed by atoms with E-state index in [0.717, 1.165) is 30.4 Å². The molecule has 0 saturated carbocycles. The van der Waals surface area contributed by atoms with E-state index >= 15 is 0 Å². The lowest BCUT2D eigenvalue weighted by Gasteiger charge is -2.24. The minimum atomic E-state index is -0.934. The van der Waals surface area contributed by atoms with Crippen molar-refractivity contribution >= 4 is 12.0 Å².